The van der Waals surface area contributed by atoms with E-state index in [9.17, 15) is 9.90 Å². The molecule has 4 heteroatoms. The van der Waals surface area contributed by atoms with Crippen molar-refractivity contribution >= 4 is 17.5 Å². The molecule has 1 amide bonds. The molecular weight excluding hydrogens is 238 g/mol. The number of phenolic OH excluding ortho intramolecular Hbond substituents is 1. The van der Waals surface area contributed by atoms with Crippen molar-refractivity contribution in [2.45, 2.75) is 13.3 Å². The number of benzene rings is 1. The van der Waals surface area contributed by atoms with Crippen molar-refractivity contribution in [1.82, 2.24) is 4.90 Å². The Kier molecular flexibility index (Phi) is 3.38. The third-order valence-electron chi connectivity index (χ3n) is 2.81. The van der Waals surface area contributed by atoms with Gasteiger partial charge in [0.1, 0.15) is 5.75 Å². The van der Waals surface area contributed by atoms with Gasteiger partial charge in [0.2, 0.25) is 0 Å². The minimum absolute atomic E-state index is 0.0217. The quantitative estimate of drug-likeness (QED) is 0.780. The van der Waals surface area contributed by atoms with E-state index in [1.165, 1.54) is 17.7 Å². The maximum absolute atomic E-state index is 12.2. The fraction of sp³-hybridized carbons (Fsp3) is 0.308. The average Bonchev–Trinajstić information content (AvgIpc) is 2.31. The summed E-state index contributed by atoms with van der Waals surface area (Å²) in [6.07, 6.45) is 2.99. The molecule has 0 saturated carbocycles. The van der Waals surface area contributed by atoms with E-state index in [1.54, 1.807) is 11.0 Å². The van der Waals surface area contributed by atoms with Crippen molar-refractivity contribution in [3.8, 4) is 5.75 Å². The van der Waals surface area contributed by atoms with Gasteiger partial charge >= 0.3 is 0 Å². The van der Waals surface area contributed by atoms with Gasteiger partial charge in [-0.15, -0.1) is 0 Å². The number of halogens is 1. The molecule has 1 aliphatic heterocycles. The normalized spacial score (nSPS) is 15.6. The molecule has 17 heavy (non-hydrogen) atoms. The Morgan fingerprint density at radius 2 is 2.24 bits per heavy atom. The monoisotopic (exact) mass is 251 g/mol. The van der Waals surface area contributed by atoms with E-state index in [4.69, 9.17) is 11.6 Å². The van der Waals surface area contributed by atoms with Crippen LogP contribution in [0.15, 0.2) is 29.8 Å². The fourth-order valence-corrected chi connectivity index (χ4v) is 2.11. The summed E-state index contributed by atoms with van der Waals surface area (Å²) in [5.74, 6) is -0.191. The molecule has 0 bridgehead atoms. The van der Waals surface area contributed by atoms with Crippen molar-refractivity contribution in [1.29, 1.82) is 0 Å². The van der Waals surface area contributed by atoms with Crippen LogP contribution < -0.4 is 0 Å². The molecule has 90 valence electrons. The van der Waals surface area contributed by atoms with Gasteiger partial charge < -0.3 is 10.0 Å². The van der Waals surface area contributed by atoms with Crippen LogP contribution in [0.3, 0.4) is 0 Å². The molecule has 0 unspecified atom stereocenters. The van der Waals surface area contributed by atoms with Crippen LogP contribution in [0, 0.1) is 0 Å². The molecule has 0 fully saturated rings. The van der Waals surface area contributed by atoms with E-state index in [0.29, 0.717) is 18.1 Å². The molecule has 1 heterocycles. The number of nitrogens with zero attached hydrogens (tertiary/aromatic N) is 1. The molecule has 1 aromatic carbocycles. The lowest BCUT2D eigenvalue weighted by Crippen LogP contribution is -2.35. The summed E-state index contributed by atoms with van der Waals surface area (Å²) in [6, 6.07) is 4.52. The van der Waals surface area contributed by atoms with Gasteiger partial charge in [0.05, 0.1) is 5.56 Å². The van der Waals surface area contributed by atoms with Gasteiger partial charge in [-0.25, -0.2) is 0 Å². The van der Waals surface area contributed by atoms with Gasteiger partial charge in [0, 0.05) is 18.1 Å². The van der Waals surface area contributed by atoms with E-state index in [-0.39, 0.29) is 17.2 Å². The van der Waals surface area contributed by atoms with Crippen LogP contribution in [0.4, 0.5) is 0 Å². The van der Waals surface area contributed by atoms with E-state index < -0.39 is 0 Å². The van der Waals surface area contributed by atoms with Crippen LogP contribution in [0.25, 0.3) is 0 Å². The predicted octanol–water partition coefficient (Wildman–Crippen LogP) is 2.84. The summed E-state index contributed by atoms with van der Waals surface area (Å²) in [4.78, 5) is 13.9. The lowest BCUT2D eigenvalue weighted by atomic mass is 10.1. The highest BCUT2D eigenvalue weighted by Gasteiger charge is 2.20. The Bertz CT molecular complexity index is 482. The largest absolute Gasteiger partial charge is 0.507 e. The van der Waals surface area contributed by atoms with Gasteiger partial charge in [-0.3, -0.25) is 4.79 Å². The lowest BCUT2D eigenvalue weighted by molar-refractivity contribution is 0.0763. The van der Waals surface area contributed by atoms with Crippen molar-refractivity contribution in [2.24, 2.45) is 0 Å². The Morgan fingerprint density at radius 3 is 2.94 bits per heavy atom. The van der Waals surface area contributed by atoms with Crippen molar-refractivity contribution in [2.75, 3.05) is 13.1 Å². The highest BCUT2D eigenvalue weighted by Crippen LogP contribution is 2.24. The van der Waals surface area contributed by atoms with Crippen LogP contribution >= 0.6 is 11.6 Å². The van der Waals surface area contributed by atoms with E-state index in [2.05, 4.69) is 6.08 Å². The van der Waals surface area contributed by atoms with Crippen LogP contribution in [0.2, 0.25) is 5.02 Å². The molecule has 2 rings (SSSR count). The minimum atomic E-state index is -0.169. The fourth-order valence-electron chi connectivity index (χ4n) is 1.93. The van der Waals surface area contributed by atoms with E-state index in [0.717, 1.165) is 6.42 Å². The SMILES string of the molecule is CC1=CCCN(C(=O)c2cc(Cl)ccc2O)C1. The number of rotatable bonds is 1. The molecule has 0 atom stereocenters. The predicted molar refractivity (Wildman–Crippen MR) is 67.4 cm³/mol. The van der Waals surface area contributed by atoms with Crippen molar-refractivity contribution in [3.05, 3.63) is 40.4 Å². The zero-order chi connectivity index (χ0) is 12.4. The van der Waals surface area contributed by atoms with Crippen LogP contribution in [-0.2, 0) is 0 Å². The summed E-state index contributed by atoms with van der Waals surface area (Å²) in [5.41, 5.74) is 1.44. The molecule has 0 saturated heterocycles. The number of hydrogen-bond donors (Lipinski definition) is 1. The first-order chi connectivity index (χ1) is 8.08. The number of phenols is 1. The topological polar surface area (TPSA) is 40.5 Å². The van der Waals surface area contributed by atoms with Gasteiger partial charge in [-0.2, -0.15) is 0 Å². The van der Waals surface area contributed by atoms with Gasteiger partial charge in [0.15, 0.2) is 0 Å². The number of hydrogen-bond acceptors (Lipinski definition) is 2. The maximum atomic E-state index is 12.2. The smallest absolute Gasteiger partial charge is 0.257 e. The molecule has 0 aromatic heterocycles. The summed E-state index contributed by atoms with van der Waals surface area (Å²) in [7, 11) is 0. The zero-order valence-corrected chi connectivity index (χ0v) is 10.4. The average molecular weight is 252 g/mol. The summed E-state index contributed by atoms with van der Waals surface area (Å²) >= 11 is 5.84. The molecule has 0 aliphatic carbocycles. The first kappa shape index (κ1) is 12.0. The molecule has 1 aromatic rings. The second-order valence-electron chi connectivity index (χ2n) is 4.23. The van der Waals surface area contributed by atoms with Gasteiger partial charge in [-0.1, -0.05) is 23.3 Å². The first-order valence-electron chi connectivity index (χ1n) is 5.51. The Hall–Kier alpha value is -1.48. The number of aromatic hydroxyl groups is 1. The first-order valence-corrected chi connectivity index (χ1v) is 5.89. The second kappa shape index (κ2) is 4.80. The molecule has 3 nitrogen and oxygen atoms in total. The van der Waals surface area contributed by atoms with Gasteiger partial charge in [0.25, 0.3) is 5.91 Å². The van der Waals surface area contributed by atoms with Crippen LogP contribution in [-0.4, -0.2) is 29.0 Å². The van der Waals surface area contributed by atoms with E-state index >= 15 is 0 Å². The Balaban J connectivity index is 2.25. The molecular formula is C13H14ClNO2. The maximum Gasteiger partial charge on any atom is 0.257 e. The summed E-state index contributed by atoms with van der Waals surface area (Å²) in [5, 5.41) is 10.1. The standard InChI is InChI=1S/C13H14ClNO2/c1-9-3-2-6-15(8-9)13(17)11-7-10(14)4-5-12(11)16/h3-5,7,16H,2,6,8H2,1H3. The highest BCUT2D eigenvalue weighted by molar-refractivity contribution is 6.31. The lowest BCUT2D eigenvalue weighted by Gasteiger charge is -2.26. The molecule has 0 radical (unpaired) electrons. The zero-order valence-electron chi connectivity index (χ0n) is 9.61. The Labute approximate surface area is 105 Å². The van der Waals surface area contributed by atoms with Crippen molar-refractivity contribution in [3.63, 3.8) is 0 Å². The van der Waals surface area contributed by atoms with Crippen LogP contribution in [0.5, 0.6) is 5.75 Å². The number of carbonyl (C=O) groups is 1. The highest BCUT2D eigenvalue weighted by atomic mass is 35.5. The second-order valence-corrected chi connectivity index (χ2v) is 4.66. The summed E-state index contributed by atoms with van der Waals surface area (Å²) < 4.78 is 0. The minimum Gasteiger partial charge on any atom is -0.507 e. The van der Waals surface area contributed by atoms with E-state index in [1.807, 2.05) is 6.92 Å². The Morgan fingerprint density at radius 1 is 1.47 bits per heavy atom. The summed E-state index contributed by atoms with van der Waals surface area (Å²) in [6.45, 7) is 3.30. The third kappa shape index (κ3) is 2.61. The molecule has 0 spiro atoms. The molecule has 1 aliphatic rings. The van der Waals surface area contributed by atoms with Crippen LogP contribution in [0.1, 0.15) is 23.7 Å². The van der Waals surface area contributed by atoms with Gasteiger partial charge in [-0.05, 0) is 31.5 Å². The number of carbonyl (C=O) groups excluding carboxylic acids is 1. The number of amides is 1. The van der Waals surface area contributed by atoms with Crippen molar-refractivity contribution < 1.29 is 9.90 Å². The molecule has 1 N–H and O–H groups in total. The third-order valence-corrected chi connectivity index (χ3v) is 3.04.